The first-order valence-electron chi connectivity index (χ1n) is 3.51. The summed E-state index contributed by atoms with van der Waals surface area (Å²) < 4.78 is 0. The first-order valence-corrected chi connectivity index (χ1v) is 3.88. The first-order chi connectivity index (χ1) is 6.24. The number of rotatable bonds is 0. The molecule has 0 spiro atoms. The van der Waals surface area contributed by atoms with Crippen LogP contribution in [0.3, 0.4) is 0 Å². The third kappa shape index (κ3) is 2.66. The van der Waals surface area contributed by atoms with E-state index in [-0.39, 0.29) is 6.42 Å². The Balaban J connectivity index is 2.93. The van der Waals surface area contributed by atoms with Crippen molar-refractivity contribution in [2.24, 2.45) is 0 Å². The van der Waals surface area contributed by atoms with Crippen LogP contribution in [0.5, 0.6) is 0 Å². The zero-order chi connectivity index (χ0) is 9.68. The van der Waals surface area contributed by atoms with E-state index in [1.165, 1.54) is 12.3 Å². The second kappa shape index (κ2) is 4.35. The lowest BCUT2D eigenvalue weighted by molar-refractivity contribution is 1.31. The molecule has 0 saturated heterocycles. The van der Waals surface area contributed by atoms with E-state index in [0.717, 1.165) is 0 Å². The Labute approximate surface area is 81.1 Å². The zero-order valence-corrected chi connectivity index (χ0v) is 7.47. The molecule has 0 saturated carbocycles. The van der Waals surface area contributed by atoms with Gasteiger partial charge >= 0.3 is 0 Å². The predicted molar refractivity (Wildman–Crippen MR) is 50.8 cm³/mol. The summed E-state index contributed by atoms with van der Waals surface area (Å²) in [7, 11) is 0. The van der Waals surface area contributed by atoms with Gasteiger partial charge < -0.3 is 5.73 Å². The Morgan fingerprint density at radius 3 is 3.00 bits per heavy atom. The number of aromatic nitrogens is 1. The molecule has 2 N–H and O–H groups in total. The van der Waals surface area contributed by atoms with E-state index in [4.69, 9.17) is 22.6 Å². The fourth-order valence-corrected chi connectivity index (χ4v) is 0.894. The molecule has 13 heavy (non-hydrogen) atoms. The van der Waals surface area contributed by atoms with Gasteiger partial charge in [0.2, 0.25) is 0 Å². The summed E-state index contributed by atoms with van der Waals surface area (Å²) >= 11 is 5.59. The molecule has 0 amide bonds. The highest BCUT2D eigenvalue weighted by molar-refractivity contribution is 6.29. The summed E-state index contributed by atoms with van der Waals surface area (Å²) in [5.41, 5.74) is 6.67. The van der Waals surface area contributed by atoms with Gasteiger partial charge in [-0.05, 0) is 6.07 Å². The molecule has 1 aromatic heterocycles. The molecule has 0 fully saturated rings. The van der Waals surface area contributed by atoms with Crippen molar-refractivity contribution >= 4 is 17.3 Å². The molecule has 0 aliphatic heterocycles. The van der Waals surface area contributed by atoms with Gasteiger partial charge in [0.25, 0.3) is 0 Å². The van der Waals surface area contributed by atoms with Crippen molar-refractivity contribution in [1.29, 1.82) is 5.26 Å². The monoisotopic (exact) mass is 191 g/mol. The summed E-state index contributed by atoms with van der Waals surface area (Å²) in [5.74, 6) is 5.36. The van der Waals surface area contributed by atoms with Gasteiger partial charge in [0.05, 0.1) is 23.7 Å². The summed E-state index contributed by atoms with van der Waals surface area (Å²) in [6.07, 6.45) is 1.67. The molecule has 1 rings (SSSR count). The minimum atomic E-state index is 0.183. The number of hydrogen-bond donors (Lipinski definition) is 1. The summed E-state index contributed by atoms with van der Waals surface area (Å²) in [4.78, 5) is 3.82. The standard InChI is InChI=1S/C9H6ClN3/c10-9-5-8(12)7(6-13-9)3-1-2-4-11/h5-6H,2H2,(H2,12,13). The van der Waals surface area contributed by atoms with E-state index in [2.05, 4.69) is 16.8 Å². The van der Waals surface area contributed by atoms with Crippen LogP contribution in [0.15, 0.2) is 12.3 Å². The van der Waals surface area contributed by atoms with E-state index < -0.39 is 0 Å². The van der Waals surface area contributed by atoms with Crippen molar-refractivity contribution < 1.29 is 0 Å². The number of nitrogen functional groups attached to an aromatic ring is 1. The molecule has 0 aliphatic carbocycles. The van der Waals surface area contributed by atoms with Crippen LogP contribution in [-0.2, 0) is 0 Å². The number of nitrogens with zero attached hydrogens (tertiary/aromatic N) is 2. The third-order valence-corrected chi connectivity index (χ3v) is 1.50. The Bertz CT molecular complexity index is 409. The predicted octanol–water partition coefficient (Wildman–Crippen LogP) is 1.58. The SMILES string of the molecule is N#CCC#Cc1cnc(Cl)cc1N. The van der Waals surface area contributed by atoms with Crippen molar-refractivity contribution in [2.45, 2.75) is 6.42 Å². The third-order valence-electron chi connectivity index (χ3n) is 1.29. The smallest absolute Gasteiger partial charge is 0.131 e. The van der Waals surface area contributed by atoms with Crippen LogP contribution in [0, 0.1) is 23.2 Å². The molecule has 0 radical (unpaired) electrons. The molecule has 1 aromatic rings. The maximum atomic E-state index is 8.24. The summed E-state index contributed by atoms with van der Waals surface area (Å²) in [5, 5.41) is 8.57. The van der Waals surface area contributed by atoms with Crippen LogP contribution >= 0.6 is 11.6 Å². The lowest BCUT2D eigenvalue weighted by Crippen LogP contribution is -1.91. The Morgan fingerprint density at radius 2 is 2.38 bits per heavy atom. The van der Waals surface area contributed by atoms with Crippen LogP contribution in [-0.4, -0.2) is 4.98 Å². The van der Waals surface area contributed by atoms with E-state index in [9.17, 15) is 0 Å². The topological polar surface area (TPSA) is 62.7 Å². The minimum Gasteiger partial charge on any atom is -0.398 e. The molecular formula is C9H6ClN3. The number of halogens is 1. The van der Waals surface area contributed by atoms with Gasteiger partial charge in [-0.3, -0.25) is 0 Å². The average Bonchev–Trinajstić information content (AvgIpc) is 2.09. The van der Waals surface area contributed by atoms with Crippen LogP contribution < -0.4 is 5.73 Å². The molecule has 0 aliphatic rings. The highest BCUT2D eigenvalue weighted by Crippen LogP contribution is 2.13. The van der Waals surface area contributed by atoms with Crippen LogP contribution in [0.2, 0.25) is 5.15 Å². The molecule has 0 aromatic carbocycles. The van der Waals surface area contributed by atoms with Gasteiger partial charge in [-0.2, -0.15) is 5.26 Å². The van der Waals surface area contributed by atoms with Gasteiger partial charge in [0, 0.05) is 6.20 Å². The Hall–Kier alpha value is -1.71. The van der Waals surface area contributed by atoms with Gasteiger partial charge in [-0.25, -0.2) is 4.98 Å². The maximum absolute atomic E-state index is 8.24. The Kier molecular flexibility index (Phi) is 3.14. The maximum Gasteiger partial charge on any atom is 0.131 e. The fourth-order valence-electron chi connectivity index (χ4n) is 0.727. The first kappa shape index (κ1) is 9.38. The van der Waals surface area contributed by atoms with Crippen LogP contribution in [0.4, 0.5) is 5.69 Å². The summed E-state index contributed by atoms with van der Waals surface area (Å²) in [6, 6.07) is 3.43. The number of pyridine rings is 1. The van der Waals surface area contributed by atoms with Gasteiger partial charge in [-0.15, -0.1) is 0 Å². The normalized spacial score (nSPS) is 8.31. The highest BCUT2D eigenvalue weighted by Gasteiger charge is 1.96. The lowest BCUT2D eigenvalue weighted by Gasteiger charge is -1.96. The van der Waals surface area contributed by atoms with E-state index in [1.807, 2.05) is 6.07 Å². The van der Waals surface area contributed by atoms with Crippen molar-refractivity contribution in [3.8, 4) is 17.9 Å². The second-order valence-corrected chi connectivity index (χ2v) is 2.62. The van der Waals surface area contributed by atoms with Crippen molar-refractivity contribution in [1.82, 2.24) is 4.98 Å². The van der Waals surface area contributed by atoms with Gasteiger partial charge in [0.1, 0.15) is 5.15 Å². The van der Waals surface area contributed by atoms with E-state index in [1.54, 1.807) is 0 Å². The molecule has 1 heterocycles. The molecule has 0 bridgehead atoms. The van der Waals surface area contributed by atoms with Gasteiger partial charge in [-0.1, -0.05) is 23.4 Å². The van der Waals surface area contributed by atoms with Crippen LogP contribution in [0.25, 0.3) is 0 Å². The minimum absolute atomic E-state index is 0.183. The number of anilines is 1. The Morgan fingerprint density at radius 1 is 1.62 bits per heavy atom. The summed E-state index contributed by atoms with van der Waals surface area (Å²) in [6.45, 7) is 0. The molecule has 0 atom stereocenters. The molecule has 64 valence electrons. The van der Waals surface area contributed by atoms with E-state index in [0.29, 0.717) is 16.4 Å². The molecule has 3 nitrogen and oxygen atoms in total. The highest BCUT2D eigenvalue weighted by atomic mass is 35.5. The van der Waals surface area contributed by atoms with Crippen molar-refractivity contribution in [3.63, 3.8) is 0 Å². The largest absolute Gasteiger partial charge is 0.398 e. The average molecular weight is 192 g/mol. The number of nitriles is 1. The molecule has 4 heteroatoms. The zero-order valence-electron chi connectivity index (χ0n) is 6.71. The quantitative estimate of drug-likeness (QED) is 0.500. The lowest BCUT2D eigenvalue weighted by atomic mass is 10.2. The van der Waals surface area contributed by atoms with Crippen LogP contribution in [0.1, 0.15) is 12.0 Å². The van der Waals surface area contributed by atoms with Gasteiger partial charge in [0.15, 0.2) is 0 Å². The molecular weight excluding hydrogens is 186 g/mol. The second-order valence-electron chi connectivity index (χ2n) is 2.23. The van der Waals surface area contributed by atoms with Crippen molar-refractivity contribution in [3.05, 3.63) is 23.0 Å². The number of nitrogens with two attached hydrogens (primary N) is 1. The molecule has 0 unspecified atom stereocenters. The fraction of sp³-hybridized carbons (Fsp3) is 0.111. The van der Waals surface area contributed by atoms with E-state index >= 15 is 0 Å². The van der Waals surface area contributed by atoms with Crippen molar-refractivity contribution in [2.75, 3.05) is 5.73 Å². The number of hydrogen-bond acceptors (Lipinski definition) is 3.